The van der Waals surface area contributed by atoms with Crippen LogP contribution in [0.3, 0.4) is 0 Å². The van der Waals surface area contributed by atoms with E-state index in [2.05, 4.69) is 25.2 Å². The quantitative estimate of drug-likeness (QED) is 0.537. The van der Waals surface area contributed by atoms with Crippen LogP contribution in [0.5, 0.6) is 0 Å². The summed E-state index contributed by atoms with van der Waals surface area (Å²) in [6.45, 7) is 6.24. The van der Waals surface area contributed by atoms with E-state index >= 15 is 0 Å². The minimum Gasteiger partial charge on any atom is -0.481 e. The molecule has 2 fully saturated rings. The van der Waals surface area contributed by atoms with E-state index in [0.717, 1.165) is 57.2 Å². The van der Waals surface area contributed by atoms with E-state index < -0.39 is 17.5 Å². The second-order valence-electron chi connectivity index (χ2n) is 7.89. The third kappa shape index (κ3) is 8.23. The van der Waals surface area contributed by atoms with Crippen molar-refractivity contribution >= 4 is 17.9 Å². The average Bonchev–Trinajstić information content (AvgIpc) is 3.37. The summed E-state index contributed by atoms with van der Waals surface area (Å²) in [4.78, 5) is 33.8. The number of carboxylic acids is 2. The molecule has 0 radical (unpaired) electrons. The minimum atomic E-state index is -0.833. The molecule has 1 unspecified atom stereocenters. The van der Waals surface area contributed by atoms with Crippen molar-refractivity contribution in [2.75, 3.05) is 31.1 Å². The van der Waals surface area contributed by atoms with Crippen molar-refractivity contribution < 1.29 is 24.9 Å². The number of β-amino-alcohol motifs (C(OH)–C–C–N with tert-alkyl or cyclic N) is 1. The zero-order valence-electron chi connectivity index (χ0n) is 18.6. The van der Waals surface area contributed by atoms with Crippen LogP contribution in [0, 0.1) is 0 Å². The Morgan fingerprint density at radius 1 is 1.06 bits per heavy atom. The minimum absolute atomic E-state index is 0.531. The van der Waals surface area contributed by atoms with Gasteiger partial charge >= 0.3 is 0 Å². The summed E-state index contributed by atoms with van der Waals surface area (Å²) in [6.07, 6.45) is 11.8. The Morgan fingerprint density at radius 2 is 1.66 bits per heavy atom. The van der Waals surface area contributed by atoms with Crippen molar-refractivity contribution in [1.82, 2.24) is 24.8 Å². The fourth-order valence-electron chi connectivity index (χ4n) is 3.57. The van der Waals surface area contributed by atoms with E-state index in [-0.39, 0.29) is 0 Å². The highest BCUT2D eigenvalue weighted by Crippen LogP contribution is 2.23. The highest BCUT2D eigenvalue weighted by molar-refractivity contribution is 5.63. The molecule has 2 aromatic heterocycles. The summed E-state index contributed by atoms with van der Waals surface area (Å²) in [5.41, 5.74) is 0.180. The van der Waals surface area contributed by atoms with Gasteiger partial charge in [0.1, 0.15) is 5.82 Å². The summed E-state index contributed by atoms with van der Waals surface area (Å²) < 4.78 is 1.99. The van der Waals surface area contributed by atoms with Gasteiger partial charge in [-0.05, 0) is 32.2 Å². The van der Waals surface area contributed by atoms with Gasteiger partial charge in [-0.3, -0.25) is 9.59 Å². The van der Waals surface area contributed by atoms with E-state index in [1.807, 2.05) is 23.2 Å². The van der Waals surface area contributed by atoms with Gasteiger partial charge in [-0.25, -0.2) is 15.0 Å². The maximum atomic E-state index is 10.6. The number of piperidine rings is 1. The van der Waals surface area contributed by atoms with Crippen LogP contribution in [0.2, 0.25) is 0 Å². The first-order valence-corrected chi connectivity index (χ1v) is 10.6. The van der Waals surface area contributed by atoms with Gasteiger partial charge in [0.05, 0.1) is 17.7 Å². The van der Waals surface area contributed by atoms with E-state index in [1.165, 1.54) is 19.3 Å². The highest BCUT2D eigenvalue weighted by Gasteiger charge is 2.32. The number of nitrogens with zero attached hydrogens (tertiary/aromatic N) is 5. The number of hydrogen-bond acceptors (Lipinski definition) is 8. The largest absolute Gasteiger partial charge is 0.481 e. The molecule has 11 heteroatoms. The van der Waals surface area contributed by atoms with Crippen LogP contribution in [0.1, 0.15) is 39.5 Å². The summed E-state index contributed by atoms with van der Waals surface area (Å²) >= 11 is 0. The molecule has 176 valence electrons. The van der Waals surface area contributed by atoms with Gasteiger partial charge in [-0.1, -0.05) is 0 Å². The van der Waals surface area contributed by atoms with Gasteiger partial charge in [0.2, 0.25) is 5.95 Å². The molecule has 4 N–H and O–H groups in total. The number of aliphatic hydroxyl groups is 1. The molecule has 11 nitrogen and oxygen atoms in total. The van der Waals surface area contributed by atoms with Crippen molar-refractivity contribution in [3.63, 3.8) is 0 Å². The van der Waals surface area contributed by atoms with Gasteiger partial charge in [0, 0.05) is 58.3 Å². The van der Waals surface area contributed by atoms with Crippen LogP contribution < -0.4 is 10.2 Å². The summed E-state index contributed by atoms with van der Waals surface area (Å²) in [6, 6.07) is 0. The highest BCUT2D eigenvalue weighted by atomic mass is 16.4. The van der Waals surface area contributed by atoms with Gasteiger partial charge in [-0.2, -0.15) is 0 Å². The Labute approximate surface area is 187 Å². The second-order valence-corrected chi connectivity index (χ2v) is 7.89. The molecule has 2 saturated heterocycles. The molecule has 0 amide bonds. The molecular formula is C21H32N6O5. The molecule has 0 aliphatic carbocycles. The first kappa shape index (κ1) is 25.2. The number of aromatic nitrogens is 4. The number of aliphatic carboxylic acids is 2. The molecular weight excluding hydrogens is 416 g/mol. The Kier molecular flexibility index (Phi) is 9.54. The summed E-state index contributed by atoms with van der Waals surface area (Å²) in [5, 5.41) is 28.6. The lowest BCUT2D eigenvalue weighted by Crippen LogP contribution is -2.36. The van der Waals surface area contributed by atoms with Crippen molar-refractivity contribution in [3.8, 4) is 11.4 Å². The third-order valence-electron chi connectivity index (χ3n) is 4.94. The zero-order valence-corrected chi connectivity index (χ0v) is 18.6. The molecule has 1 atom stereocenters. The number of rotatable bonds is 4. The smallest absolute Gasteiger partial charge is 0.300 e. The zero-order chi connectivity index (χ0) is 23.6. The van der Waals surface area contributed by atoms with Crippen molar-refractivity contribution in [2.45, 2.75) is 51.7 Å². The third-order valence-corrected chi connectivity index (χ3v) is 4.94. The predicted octanol–water partition coefficient (Wildman–Crippen LogP) is 1.24. The second kappa shape index (κ2) is 12.1. The molecule has 0 saturated carbocycles. The van der Waals surface area contributed by atoms with Crippen molar-refractivity contribution in [2.24, 2.45) is 0 Å². The molecule has 4 heterocycles. The van der Waals surface area contributed by atoms with Crippen LogP contribution in [0.15, 0.2) is 24.8 Å². The Morgan fingerprint density at radius 3 is 2.19 bits per heavy atom. The van der Waals surface area contributed by atoms with Gasteiger partial charge in [0.25, 0.3) is 11.9 Å². The first-order chi connectivity index (χ1) is 15.2. The van der Waals surface area contributed by atoms with E-state index in [9.17, 15) is 5.11 Å². The number of carbonyl (C=O) groups is 2. The molecule has 2 aliphatic rings. The topological polar surface area (TPSA) is 154 Å². The lowest BCUT2D eigenvalue weighted by Gasteiger charge is -2.26. The van der Waals surface area contributed by atoms with Crippen LogP contribution in [0.4, 0.5) is 5.95 Å². The maximum absolute atomic E-state index is 10.6. The normalized spacial score (nSPS) is 19.9. The lowest BCUT2D eigenvalue weighted by atomic mass is 10.0. The molecule has 32 heavy (non-hydrogen) atoms. The fraction of sp³-hybridized carbons (Fsp3) is 0.571. The predicted molar refractivity (Wildman–Crippen MR) is 118 cm³/mol. The van der Waals surface area contributed by atoms with Gasteiger partial charge in [0.15, 0.2) is 0 Å². The Balaban J connectivity index is 0.000000395. The van der Waals surface area contributed by atoms with Crippen molar-refractivity contribution in [3.05, 3.63) is 24.8 Å². The van der Waals surface area contributed by atoms with E-state index in [0.29, 0.717) is 13.1 Å². The van der Waals surface area contributed by atoms with Gasteiger partial charge < -0.3 is 30.1 Å². The monoisotopic (exact) mass is 448 g/mol. The summed E-state index contributed by atoms with van der Waals surface area (Å²) in [7, 11) is 0. The van der Waals surface area contributed by atoms with Crippen LogP contribution in [-0.2, 0) is 16.1 Å². The van der Waals surface area contributed by atoms with Crippen LogP contribution >= 0.6 is 0 Å². The van der Waals surface area contributed by atoms with Crippen molar-refractivity contribution in [1.29, 1.82) is 0 Å². The lowest BCUT2D eigenvalue weighted by molar-refractivity contribution is -0.135. The molecule has 4 rings (SSSR count). The molecule has 2 aromatic rings. The standard InChI is InChI=1S/C17H24N6O.2C2H4O2/c24-17(4-5-18-12-17)13-23-9-6-19-15(23)14-10-20-16(21-11-14)22-7-2-1-3-8-22;2*1-2(3)4/h6,9-11,18,24H,1-5,7-8,12-13H2;2*1H3,(H,3,4). The number of imidazole rings is 1. The molecule has 0 aromatic carbocycles. The molecule has 0 spiro atoms. The molecule has 2 aliphatic heterocycles. The maximum Gasteiger partial charge on any atom is 0.300 e. The summed E-state index contributed by atoms with van der Waals surface area (Å²) in [5.74, 6) is -0.0595. The Hall–Kier alpha value is -3.05. The number of nitrogens with one attached hydrogen (secondary N) is 1. The van der Waals surface area contributed by atoms with E-state index in [4.69, 9.17) is 19.8 Å². The molecule has 0 bridgehead atoms. The average molecular weight is 449 g/mol. The number of carboxylic acid groups (broad SMARTS) is 2. The van der Waals surface area contributed by atoms with Crippen LogP contribution in [-0.4, -0.2) is 78.6 Å². The first-order valence-electron chi connectivity index (χ1n) is 10.6. The SMILES string of the molecule is CC(=O)O.CC(=O)O.OC1(Cn2ccnc2-c2cnc(N3CCCCC3)nc2)CCNC1. The number of anilines is 1. The fourth-order valence-corrected chi connectivity index (χ4v) is 3.57. The Bertz CT molecular complexity index is 838. The van der Waals surface area contributed by atoms with Crippen LogP contribution in [0.25, 0.3) is 11.4 Å². The van der Waals surface area contributed by atoms with E-state index in [1.54, 1.807) is 6.20 Å². The number of hydrogen-bond donors (Lipinski definition) is 4. The van der Waals surface area contributed by atoms with Gasteiger partial charge in [-0.15, -0.1) is 0 Å².